The number of aromatic nitrogens is 1. The van der Waals surface area contributed by atoms with E-state index < -0.39 is 12.0 Å². The van der Waals surface area contributed by atoms with E-state index in [0.29, 0.717) is 50.2 Å². The van der Waals surface area contributed by atoms with Crippen LogP contribution in [0.3, 0.4) is 0 Å². The quantitative estimate of drug-likeness (QED) is 0.163. The van der Waals surface area contributed by atoms with Crippen molar-refractivity contribution in [2.75, 3.05) is 34.5 Å². The third-order valence-corrected chi connectivity index (χ3v) is 7.77. The van der Waals surface area contributed by atoms with Gasteiger partial charge in [-0.1, -0.05) is 55.9 Å². The summed E-state index contributed by atoms with van der Waals surface area (Å²) in [7, 11) is 4.68. The molecule has 1 aromatic heterocycles. The van der Waals surface area contributed by atoms with Crippen LogP contribution in [0, 0.1) is 0 Å². The van der Waals surface area contributed by atoms with Gasteiger partial charge in [0.1, 0.15) is 6.61 Å². The summed E-state index contributed by atoms with van der Waals surface area (Å²) in [5, 5.41) is 0. The van der Waals surface area contributed by atoms with E-state index in [4.69, 9.17) is 23.7 Å². The largest absolute Gasteiger partial charge is 0.493 e. The van der Waals surface area contributed by atoms with E-state index in [1.165, 1.54) is 22.0 Å². The lowest BCUT2D eigenvalue weighted by Gasteiger charge is -2.25. The van der Waals surface area contributed by atoms with E-state index in [-0.39, 0.29) is 17.7 Å². The first-order chi connectivity index (χ1) is 20.4. The van der Waals surface area contributed by atoms with Gasteiger partial charge < -0.3 is 23.7 Å². The summed E-state index contributed by atoms with van der Waals surface area (Å²) in [6, 6.07) is 10.1. The zero-order valence-corrected chi connectivity index (χ0v) is 25.4. The van der Waals surface area contributed by atoms with Crippen molar-refractivity contribution in [3.05, 3.63) is 91.1 Å². The highest BCUT2D eigenvalue weighted by Crippen LogP contribution is 2.36. The maximum Gasteiger partial charge on any atom is 0.338 e. The summed E-state index contributed by atoms with van der Waals surface area (Å²) in [4.78, 5) is 32.4. The van der Waals surface area contributed by atoms with Crippen LogP contribution >= 0.6 is 11.3 Å². The van der Waals surface area contributed by atoms with Crippen LogP contribution in [0.1, 0.15) is 50.3 Å². The molecule has 0 saturated heterocycles. The normalized spacial score (nSPS) is 14.6. The fraction of sp³-hybridized carbons (Fsp3) is 0.344. The number of benzene rings is 2. The molecule has 1 aliphatic heterocycles. The Bertz CT molecular complexity index is 1670. The lowest BCUT2D eigenvalue weighted by atomic mass is 9.95. The van der Waals surface area contributed by atoms with Crippen LogP contribution in [-0.2, 0) is 9.53 Å². The molecule has 0 radical (unpaired) electrons. The van der Waals surface area contributed by atoms with E-state index in [2.05, 4.69) is 18.5 Å². The van der Waals surface area contributed by atoms with Gasteiger partial charge in [-0.05, 0) is 54.8 Å². The van der Waals surface area contributed by atoms with Crippen LogP contribution in [0.2, 0.25) is 0 Å². The molecule has 2 aromatic carbocycles. The van der Waals surface area contributed by atoms with Crippen LogP contribution in [0.4, 0.5) is 0 Å². The average molecular weight is 593 g/mol. The van der Waals surface area contributed by atoms with Crippen molar-refractivity contribution < 1.29 is 28.5 Å². The Morgan fingerprint density at radius 3 is 2.43 bits per heavy atom. The van der Waals surface area contributed by atoms with E-state index in [0.717, 1.165) is 24.8 Å². The Morgan fingerprint density at radius 2 is 1.74 bits per heavy atom. The summed E-state index contributed by atoms with van der Waals surface area (Å²) in [5.74, 6) is 1.65. The number of hydrogen-bond donors (Lipinski definition) is 0. The van der Waals surface area contributed by atoms with Crippen LogP contribution in [0.5, 0.6) is 23.0 Å². The molecule has 10 heteroatoms. The molecule has 2 heterocycles. The minimum atomic E-state index is -0.797. The van der Waals surface area contributed by atoms with Gasteiger partial charge in [0, 0.05) is 0 Å². The number of carbonyl (C=O) groups is 1. The molecule has 0 amide bonds. The van der Waals surface area contributed by atoms with Gasteiger partial charge in [-0.15, -0.1) is 0 Å². The summed E-state index contributed by atoms with van der Waals surface area (Å²) < 4.78 is 29.8. The van der Waals surface area contributed by atoms with Crippen LogP contribution in [-0.4, -0.2) is 45.1 Å². The minimum absolute atomic E-state index is 0.0277. The summed E-state index contributed by atoms with van der Waals surface area (Å²) in [6.07, 6.45) is 6.35. The maximum absolute atomic E-state index is 14.0. The monoisotopic (exact) mass is 592 g/mol. The number of ether oxygens (including phenoxy) is 5. The van der Waals surface area contributed by atoms with Crippen molar-refractivity contribution in [2.45, 2.75) is 39.2 Å². The number of fused-ring (bicyclic) bond motifs is 1. The Balaban J connectivity index is 1.86. The maximum atomic E-state index is 14.0. The molecule has 1 aliphatic rings. The lowest BCUT2D eigenvalue weighted by molar-refractivity contribution is -0.138. The van der Waals surface area contributed by atoms with Crippen LogP contribution in [0.15, 0.2) is 70.1 Å². The molecule has 0 aliphatic carbocycles. The molecule has 0 bridgehead atoms. The highest BCUT2D eigenvalue weighted by Gasteiger charge is 2.34. The summed E-state index contributed by atoms with van der Waals surface area (Å²) >= 11 is 1.24. The lowest BCUT2D eigenvalue weighted by Crippen LogP contribution is -2.40. The first-order valence-electron chi connectivity index (χ1n) is 13.7. The van der Waals surface area contributed by atoms with Crippen molar-refractivity contribution in [3.63, 3.8) is 0 Å². The number of rotatable bonds is 13. The van der Waals surface area contributed by atoms with Gasteiger partial charge in [0.15, 0.2) is 27.8 Å². The second kappa shape index (κ2) is 14.0. The molecule has 222 valence electrons. The van der Waals surface area contributed by atoms with Gasteiger partial charge in [0.2, 0.25) is 0 Å². The third kappa shape index (κ3) is 6.44. The highest BCUT2D eigenvalue weighted by atomic mass is 32.1. The molecule has 0 N–H and O–H groups in total. The second-order valence-corrected chi connectivity index (χ2v) is 10.6. The molecule has 9 nitrogen and oxygen atoms in total. The number of carbonyl (C=O) groups excluding carboxylic acids is 1. The fourth-order valence-corrected chi connectivity index (χ4v) is 5.76. The summed E-state index contributed by atoms with van der Waals surface area (Å²) in [5.41, 5.74) is 1.85. The predicted octanol–water partition coefficient (Wildman–Crippen LogP) is 4.56. The molecular formula is C32H36N2O7S. The van der Waals surface area contributed by atoms with Crippen molar-refractivity contribution in [1.82, 2.24) is 4.57 Å². The average Bonchev–Trinajstić information content (AvgIpc) is 3.30. The van der Waals surface area contributed by atoms with E-state index in [1.54, 1.807) is 52.5 Å². The van der Waals surface area contributed by atoms with Gasteiger partial charge in [-0.3, -0.25) is 9.36 Å². The van der Waals surface area contributed by atoms with Gasteiger partial charge in [0.25, 0.3) is 5.56 Å². The fourth-order valence-electron chi connectivity index (χ4n) is 4.71. The van der Waals surface area contributed by atoms with Crippen molar-refractivity contribution in [3.8, 4) is 23.0 Å². The van der Waals surface area contributed by atoms with Crippen LogP contribution < -0.4 is 33.8 Å². The number of hydrogen-bond acceptors (Lipinski definition) is 9. The SMILES string of the molecule is C=CCOC(=O)C1=C(C)N=c2s/c(=C\c3ccc(OC)c(OC)c3)c(=O)n2C1c1ccc(OCCCCC)c(OC)c1. The standard InChI is InChI=1S/C32H36N2O7S/c1-7-9-10-16-40-24-14-12-22(19-26(24)39-6)29-28(31(36)41-15-8-2)20(3)33-32-34(29)30(35)27(42-32)18-21-11-13-23(37-4)25(17-21)38-5/h8,11-14,17-19,29H,2,7,9-10,15-16H2,1,3-6H3/b27-18-. The summed E-state index contributed by atoms with van der Waals surface area (Å²) in [6.45, 7) is 8.10. The number of esters is 1. The Hall–Kier alpha value is -4.31. The molecule has 1 atom stereocenters. The number of unbranched alkanes of at least 4 members (excludes halogenated alkanes) is 2. The second-order valence-electron chi connectivity index (χ2n) is 9.55. The molecule has 4 rings (SSSR count). The topological polar surface area (TPSA) is 97.6 Å². The van der Waals surface area contributed by atoms with Crippen molar-refractivity contribution in [1.29, 1.82) is 0 Å². The molecule has 0 saturated carbocycles. The minimum Gasteiger partial charge on any atom is -0.493 e. The number of allylic oxidation sites excluding steroid dienone is 1. The van der Waals surface area contributed by atoms with Gasteiger partial charge in [0.05, 0.1) is 49.8 Å². The Kier molecular flexibility index (Phi) is 10.2. The zero-order valence-electron chi connectivity index (χ0n) is 24.6. The van der Waals surface area contributed by atoms with E-state index >= 15 is 0 Å². The Morgan fingerprint density at radius 1 is 1.02 bits per heavy atom. The van der Waals surface area contributed by atoms with E-state index in [1.807, 2.05) is 18.2 Å². The predicted molar refractivity (Wildman–Crippen MR) is 162 cm³/mol. The molecule has 0 spiro atoms. The highest BCUT2D eigenvalue weighted by molar-refractivity contribution is 7.07. The smallest absolute Gasteiger partial charge is 0.338 e. The molecule has 3 aromatic rings. The molecule has 42 heavy (non-hydrogen) atoms. The first kappa shape index (κ1) is 30.6. The Labute approximate surface area is 249 Å². The number of nitrogens with zero attached hydrogens (tertiary/aromatic N) is 2. The number of thiazole rings is 1. The van der Waals surface area contributed by atoms with Gasteiger partial charge >= 0.3 is 5.97 Å². The van der Waals surface area contributed by atoms with Crippen LogP contribution in [0.25, 0.3) is 6.08 Å². The molecule has 0 fully saturated rings. The van der Waals surface area contributed by atoms with E-state index in [9.17, 15) is 9.59 Å². The zero-order chi connectivity index (χ0) is 30.2. The molecule has 1 unspecified atom stereocenters. The van der Waals surface area contributed by atoms with Crippen molar-refractivity contribution in [2.24, 2.45) is 4.99 Å². The van der Waals surface area contributed by atoms with Gasteiger partial charge in [-0.25, -0.2) is 9.79 Å². The third-order valence-electron chi connectivity index (χ3n) is 6.79. The first-order valence-corrected chi connectivity index (χ1v) is 14.5. The van der Waals surface area contributed by atoms with Gasteiger partial charge in [-0.2, -0.15) is 0 Å². The van der Waals surface area contributed by atoms with Crippen molar-refractivity contribution >= 4 is 23.4 Å². The number of methoxy groups -OCH3 is 3. The molecular weight excluding hydrogens is 556 g/mol.